The molecule has 220 valence electrons. The highest BCUT2D eigenvalue weighted by atomic mass is 32.1. The fourth-order valence-electron chi connectivity index (χ4n) is 6.59. The number of amides is 1. The maximum absolute atomic E-state index is 13.5. The van der Waals surface area contributed by atoms with Crippen LogP contribution in [0.5, 0.6) is 10.9 Å². The highest BCUT2D eigenvalue weighted by Gasteiger charge is 2.36. The molecule has 0 radical (unpaired) electrons. The Balaban J connectivity index is 1.38. The van der Waals surface area contributed by atoms with Crippen molar-refractivity contribution in [3.8, 4) is 21.4 Å². The summed E-state index contributed by atoms with van der Waals surface area (Å²) in [5.41, 5.74) is 4.28. The number of ether oxygens (including phenoxy) is 2. The molecular formula is C33H42N2O5S. The van der Waals surface area contributed by atoms with E-state index in [9.17, 15) is 9.90 Å². The van der Waals surface area contributed by atoms with Crippen LogP contribution in [0, 0.1) is 18.8 Å². The van der Waals surface area contributed by atoms with Crippen LogP contribution >= 0.6 is 11.3 Å². The van der Waals surface area contributed by atoms with Gasteiger partial charge in [-0.2, -0.15) is 0 Å². The highest BCUT2D eigenvalue weighted by molar-refractivity contribution is 7.16. The highest BCUT2D eigenvalue weighted by Crippen LogP contribution is 2.43. The van der Waals surface area contributed by atoms with Gasteiger partial charge in [0.15, 0.2) is 0 Å². The molecular weight excluding hydrogens is 536 g/mol. The van der Waals surface area contributed by atoms with Gasteiger partial charge in [-0.15, -0.1) is 0 Å². The molecule has 0 saturated heterocycles. The average molecular weight is 579 g/mol. The summed E-state index contributed by atoms with van der Waals surface area (Å²) in [6.07, 6.45) is 8.99. The Kier molecular flexibility index (Phi) is 9.96. The van der Waals surface area contributed by atoms with Crippen molar-refractivity contribution < 1.29 is 24.5 Å². The second kappa shape index (κ2) is 13.8. The standard InChI is InChI=1S/C33H42N2O5S/c1-21-17-23(12-14-29(21)39-2)27-13-11-26(19-28(27)37)31(35-32(38)22-7-4-3-5-8-22)25-10-6-9-24(18-25)30-20-34-33(41-30)40-16-15-36/h6,9-10,12,14,17-18,20,22,26-28,31,36-37H,3-5,7-8,11,13,15-16,19H2,1-2H3,(H,35,38). The molecule has 41 heavy (non-hydrogen) atoms. The first kappa shape index (κ1) is 29.5. The zero-order chi connectivity index (χ0) is 28.8. The molecule has 1 heterocycles. The maximum Gasteiger partial charge on any atom is 0.273 e. The van der Waals surface area contributed by atoms with Crippen LogP contribution in [0.25, 0.3) is 10.4 Å². The van der Waals surface area contributed by atoms with Crippen molar-refractivity contribution in [1.82, 2.24) is 10.3 Å². The molecule has 2 aliphatic carbocycles. The van der Waals surface area contributed by atoms with Gasteiger partial charge in [-0.25, -0.2) is 4.98 Å². The van der Waals surface area contributed by atoms with Crippen LogP contribution in [0.4, 0.5) is 0 Å². The first-order valence-electron chi connectivity index (χ1n) is 14.9. The van der Waals surface area contributed by atoms with Crippen LogP contribution in [-0.2, 0) is 4.79 Å². The summed E-state index contributed by atoms with van der Waals surface area (Å²) in [5.74, 6) is 1.24. The van der Waals surface area contributed by atoms with Crippen LogP contribution in [0.3, 0.4) is 0 Å². The summed E-state index contributed by atoms with van der Waals surface area (Å²) in [4.78, 5) is 18.8. The summed E-state index contributed by atoms with van der Waals surface area (Å²) in [6.45, 7) is 2.19. The lowest BCUT2D eigenvalue weighted by molar-refractivity contribution is -0.127. The molecule has 4 unspecified atom stereocenters. The van der Waals surface area contributed by atoms with Crippen LogP contribution in [0.2, 0.25) is 0 Å². The van der Waals surface area contributed by atoms with Crippen molar-refractivity contribution in [3.05, 3.63) is 65.4 Å². The minimum absolute atomic E-state index is 0.0566. The lowest BCUT2D eigenvalue weighted by atomic mass is 9.72. The van der Waals surface area contributed by atoms with Gasteiger partial charge < -0.3 is 25.0 Å². The van der Waals surface area contributed by atoms with Crippen molar-refractivity contribution in [2.75, 3.05) is 20.3 Å². The van der Waals surface area contributed by atoms with Gasteiger partial charge in [0.1, 0.15) is 12.4 Å². The van der Waals surface area contributed by atoms with Gasteiger partial charge in [0.25, 0.3) is 5.19 Å². The number of aromatic nitrogens is 1. The number of aliphatic hydroxyl groups excluding tert-OH is 2. The van der Waals surface area contributed by atoms with Crippen molar-refractivity contribution in [3.63, 3.8) is 0 Å². The Morgan fingerprint density at radius 1 is 1.12 bits per heavy atom. The predicted octanol–water partition coefficient (Wildman–Crippen LogP) is 6.18. The number of thiazole rings is 1. The number of hydrogen-bond donors (Lipinski definition) is 3. The molecule has 0 aliphatic heterocycles. The molecule has 2 saturated carbocycles. The van der Waals surface area contributed by atoms with Crippen LogP contribution in [-0.4, -0.2) is 47.5 Å². The normalized spacial score (nSPS) is 22.2. The van der Waals surface area contributed by atoms with Crippen LogP contribution in [0.15, 0.2) is 48.7 Å². The molecule has 1 aromatic heterocycles. The van der Waals surface area contributed by atoms with Gasteiger partial charge in [-0.05, 0) is 79.3 Å². The van der Waals surface area contributed by atoms with E-state index in [1.807, 2.05) is 25.1 Å². The smallest absolute Gasteiger partial charge is 0.273 e. The third-order valence-electron chi connectivity index (χ3n) is 8.78. The molecule has 0 spiro atoms. The SMILES string of the molecule is COc1ccc(C2CCC(C(NC(=O)C3CCCCC3)c3cccc(-c4cnc(OCCO)s4)c3)CC2O)cc1C. The summed E-state index contributed by atoms with van der Waals surface area (Å²) in [7, 11) is 1.68. The van der Waals surface area contributed by atoms with Gasteiger partial charge >= 0.3 is 0 Å². The molecule has 5 rings (SSSR count). The second-order valence-corrected chi connectivity index (χ2v) is 12.5. The maximum atomic E-state index is 13.5. The summed E-state index contributed by atoms with van der Waals surface area (Å²) in [6, 6.07) is 14.3. The largest absolute Gasteiger partial charge is 0.496 e. The second-order valence-electron chi connectivity index (χ2n) is 11.5. The quantitative estimate of drug-likeness (QED) is 0.266. The molecule has 7 nitrogen and oxygen atoms in total. The number of rotatable bonds is 10. The third kappa shape index (κ3) is 7.11. The predicted molar refractivity (Wildman–Crippen MR) is 161 cm³/mol. The van der Waals surface area contributed by atoms with Crippen molar-refractivity contribution >= 4 is 17.2 Å². The number of aryl methyl sites for hydroxylation is 1. The number of benzene rings is 2. The average Bonchev–Trinajstić information content (AvgIpc) is 3.48. The number of aliphatic hydroxyl groups is 2. The van der Waals surface area contributed by atoms with E-state index in [1.54, 1.807) is 13.3 Å². The van der Waals surface area contributed by atoms with Gasteiger partial charge in [0.05, 0.1) is 30.7 Å². The summed E-state index contributed by atoms with van der Waals surface area (Å²) >= 11 is 1.44. The Morgan fingerprint density at radius 3 is 2.68 bits per heavy atom. The Morgan fingerprint density at radius 2 is 1.95 bits per heavy atom. The Hall–Kier alpha value is -2.94. The van der Waals surface area contributed by atoms with E-state index >= 15 is 0 Å². The van der Waals surface area contributed by atoms with Gasteiger partial charge in [0, 0.05) is 18.0 Å². The van der Waals surface area contributed by atoms with Gasteiger partial charge in [-0.3, -0.25) is 4.79 Å². The lowest BCUT2D eigenvalue weighted by Gasteiger charge is -2.38. The van der Waals surface area contributed by atoms with Crippen LogP contribution < -0.4 is 14.8 Å². The van der Waals surface area contributed by atoms with Gasteiger partial charge in [-0.1, -0.05) is 60.9 Å². The first-order chi connectivity index (χ1) is 20.0. The number of nitrogens with one attached hydrogen (secondary N) is 1. The minimum Gasteiger partial charge on any atom is -0.496 e. The molecule has 8 heteroatoms. The van der Waals surface area contributed by atoms with E-state index in [4.69, 9.17) is 14.6 Å². The van der Waals surface area contributed by atoms with Crippen LogP contribution in [0.1, 0.15) is 80.0 Å². The van der Waals surface area contributed by atoms with Crippen molar-refractivity contribution in [2.45, 2.75) is 76.4 Å². The van der Waals surface area contributed by atoms with E-state index in [0.29, 0.717) is 11.6 Å². The number of carbonyl (C=O) groups excluding carboxylic acids is 1. The van der Waals surface area contributed by atoms with E-state index in [0.717, 1.165) is 71.4 Å². The number of hydrogen-bond acceptors (Lipinski definition) is 7. The fourth-order valence-corrected chi connectivity index (χ4v) is 7.37. The van der Waals surface area contributed by atoms with Gasteiger partial charge in [0.2, 0.25) is 5.91 Å². The zero-order valence-corrected chi connectivity index (χ0v) is 24.9. The third-order valence-corrected chi connectivity index (χ3v) is 9.74. The minimum atomic E-state index is -0.494. The zero-order valence-electron chi connectivity index (χ0n) is 24.1. The van der Waals surface area contributed by atoms with E-state index in [2.05, 4.69) is 34.6 Å². The van der Waals surface area contributed by atoms with E-state index in [1.165, 1.54) is 17.8 Å². The molecule has 4 atom stereocenters. The van der Waals surface area contributed by atoms with E-state index < -0.39 is 6.10 Å². The Bertz CT molecular complexity index is 1300. The van der Waals surface area contributed by atoms with Crippen molar-refractivity contribution in [1.29, 1.82) is 0 Å². The first-order valence-corrected chi connectivity index (χ1v) is 15.7. The number of nitrogens with zero attached hydrogens (tertiary/aromatic N) is 1. The van der Waals surface area contributed by atoms with E-state index in [-0.39, 0.29) is 42.9 Å². The Labute approximate surface area is 246 Å². The molecule has 2 aliphatic rings. The number of methoxy groups -OCH3 is 1. The molecule has 2 fully saturated rings. The molecule has 3 N–H and O–H groups in total. The molecule has 3 aromatic rings. The topological polar surface area (TPSA) is 101 Å². The summed E-state index contributed by atoms with van der Waals surface area (Å²) in [5, 5.41) is 24.5. The monoisotopic (exact) mass is 578 g/mol. The molecule has 2 aromatic carbocycles. The molecule has 1 amide bonds. The number of carbonyl (C=O) groups is 1. The molecule has 0 bridgehead atoms. The summed E-state index contributed by atoms with van der Waals surface area (Å²) < 4.78 is 10.9. The lowest BCUT2D eigenvalue weighted by Crippen LogP contribution is -2.41. The fraction of sp³-hybridized carbons (Fsp3) is 0.515. The van der Waals surface area contributed by atoms with Crippen molar-refractivity contribution in [2.24, 2.45) is 11.8 Å².